The fourth-order valence-corrected chi connectivity index (χ4v) is 5.00. The SMILES string of the molecule is O=C(NC[C@@H]1CCCO1)c1ccccc1NCc1nc2scc(-c3ccccc3)c2c(=O)[nH]1. The third-order valence-corrected chi connectivity index (χ3v) is 6.58. The van der Waals surface area contributed by atoms with Crippen LogP contribution in [0, 0.1) is 0 Å². The Morgan fingerprint density at radius 2 is 1.97 bits per heavy atom. The number of benzene rings is 2. The van der Waals surface area contributed by atoms with E-state index in [2.05, 4.69) is 20.6 Å². The van der Waals surface area contributed by atoms with Crippen LogP contribution in [0.4, 0.5) is 5.69 Å². The lowest BCUT2D eigenvalue weighted by atomic mass is 10.1. The quantitative estimate of drug-likeness (QED) is 0.385. The number of hydrogen-bond donors (Lipinski definition) is 3. The molecule has 5 rings (SSSR count). The lowest BCUT2D eigenvalue weighted by Gasteiger charge is -2.14. The van der Waals surface area contributed by atoms with Gasteiger partial charge in [-0.05, 0) is 30.5 Å². The molecular formula is C25H24N4O3S. The Balaban J connectivity index is 1.32. The van der Waals surface area contributed by atoms with Crippen molar-refractivity contribution in [3.63, 3.8) is 0 Å². The molecule has 1 aliphatic rings. The minimum absolute atomic E-state index is 0.0849. The molecule has 2 aromatic carbocycles. The maximum atomic E-state index is 12.9. The Morgan fingerprint density at radius 1 is 1.15 bits per heavy atom. The minimum atomic E-state index is -0.167. The molecule has 1 atom stereocenters. The lowest BCUT2D eigenvalue weighted by Crippen LogP contribution is -2.32. The van der Waals surface area contributed by atoms with Crippen LogP contribution < -0.4 is 16.2 Å². The number of aromatic amines is 1. The van der Waals surface area contributed by atoms with Gasteiger partial charge in [-0.25, -0.2) is 4.98 Å². The summed E-state index contributed by atoms with van der Waals surface area (Å²) >= 11 is 1.45. The Morgan fingerprint density at radius 3 is 2.79 bits per heavy atom. The first-order valence-electron chi connectivity index (χ1n) is 11.0. The Bertz CT molecular complexity index is 1330. The van der Waals surface area contributed by atoms with Crippen molar-refractivity contribution >= 4 is 33.1 Å². The number of nitrogens with zero attached hydrogens (tertiary/aromatic N) is 1. The summed E-state index contributed by atoms with van der Waals surface area (Å²) in [4.78, 5) is 33.8. The molecule has 7 nitrogen and oxygen atoms in total. The maximum absolute atomic E-state index is 12.9. The summed E-state index contributed by atoms with van der Waals surface area (Å²) in [5.74, 6) is 0.361. The smallest absolute Gasteiger partial charge is 0.260 e. The number of amides is 1. The number of ether oxygens (including phenoxy) is 1. The van der Waals surface area contributed by atoms with Gasteiger partial charge >= 0.3 is 0 Å². The summed E-state index contributed by atoms with van der Waals surface area (Å²) in [5.41, 5.74) is 2.93. The van der Waals surface area contributed by atoms with Crippen molar-refractivity contribution in [2.75, 3.05) is 18.5 Å². The van der Waals surface area contributed by atoms with Gasteiger partial charge in [-0.15, -0.1) is 11.3 Å². The Labute approximate surface area is 194 Å². The molecule has 0 spiro atoms. The van der Waals surface area contributed by atoms with E-state index in [4.69, 9.17) is 4.74 Å². The molecule has 1 aliphatic heterocycles. The van der Waals surface area contributed by atoms with Crippen LogP contribution in [0.5, 0.6) is 0 Å². The molecule has 3 N–H and O–H groups in total. The van der Waals surface area contributed by atoms with Gasteiger partial charge in [0.15, 0.2) is 0 Å². The van der Waals surface area contributed by atoms with E-state index in [1.54, 1.807) is 6.07 Å². The summed E-state index contributed by atoms with van der Waals surface area (Å²) < 4.78 is 5.58. The van der Waals surface area contributed by atoms with Crippen molar-refractivity contribution in [1.82, 2.24) is 15.3 Å². The van der Waals surface area contributed by atoms with Crippen LogP contribution in [-0.2, 0) is 11.3 Å². The zero-order valence-electron chi connectivity index (χ0n) is 18.0. The van der Waals surface area contributed by atoms with Crippen molar-refractivity contribution < 1.29 is 9.53 Å². The number of rotatable bonds is 7. The number of H-pyrrole nitrogens is 1. The highest BCUT2D eigenvalue weighted by atomic mass is 32.1. The summed E-state index contributed by atoms with van der Waals surface area (Å²) in [6.07, 6.45) is 2.09. The van der Waals surface area contributed by atoms with E-state index in [9.17, 15) is 9.59 Å². The molecule has 1 fully saturated rings. The third kappa shape index (κ3) is 4.67. The molecule has 1 amide bonds. The van der Waals surface area contributed by atoms with E-state index in [1.807, 2.05) is 53.9 Å². The van der Waals surface area contributed by atoms with Gasteiger partial charge in [0.2, 0.25) is 0 Å². The van der Waals surface area contributed by atoms with Crippen LogP contribution in [0.3, 0.4) is 0 Å². The first kappa shape index (κ1) is 21.4. The van der Waals surface area contributed by atoms with Crippen molar-refractivity contribution in [3.8, 4) is 11.1 Å². The maximum Gasteiger partial charge on any atom is 0.260 e. The normalized spacial score (nSPS) is 15.6. The average Bonchev–Trinajstić information content (AvgIpc) is 3.52. The number of carbonyl (C=O) groups excluding carboxylic acids is 1. The van der Waals surface area contributed by atoms with Crippen LogP contribution in [-0.4, -0.2) is 35.1 Å². The number of nitrogens with one attached hydrogen (secondary N) is 3. The van der Waals surface area contributed by atoms with E-state index in [0.717, 1.165) is 30.6 Å². The highest BCUT2D eigenvalue weighted by molar-refractivity contribution is 7.17. The van der Waals surface area contributed by atoms with Gasteiger partial charge in [-0.1, -0.05) is 42.5 Å². The average molecular weight is 461 g/mol. The van der Waals surface area contributed by atoms with Crippen LogP contribution in [0.25, 0.3) is 21.3 Å². The van der Waals surface area contributed by atoms with Crippen molar-refractivity contribution in [3.05, 3.63) is 81.7 Å². The first-order valence-corrected chi connectivity index (χ1v) is 11.9. The van der Waals surface area contributed by atoms with Crippen molar-refractivity contribution in [2.24, 2.45) is 0 Å². The van der Waals surface area contributed by atoms with Crippen molar-refractivity contribution in [1.29, 1.82) is 0 Å². The van der Waals surface area contributed by atoms with Gasteiger partial charge in [-0.3, -0.25) is 9.59 Å². The summed E-state index contributed by atoms with van der Waals surface area (Å²) in [5, 5.41) is 8.77. The van der Waals surface area contributed by atoms with Crippen molar-refractivity contribution in [2.45, 2.75) is 25.5 Å². The van der Waals surface area contributed by atoms with Crippen LogP contribution in [0.15, 0.2) is 64.8 Å². The Kier molecular flexibility index (Phi) is 6.19. The largest absolute Gasteiger partial charge is 0.377 e. The van der Waals surface area contributed by atoms with E-state index >= 15 is 0 Å². The van der Waals surface area contributed by atoms with Crippen LogP contribution >= 0.6 is 11.3 Å². The molecule has 1 saturated heterocycles. The molecule has 0 radical (unpaired) electrons. The van der Waals surface area contributed by atoms with Crippen LogP contribution in [0.1, 0.15) is 29.0 Å². The number of aromatic nitrogens is 2. The highest BCUT2D eigenvalue weighted by Crippen LogP contribution is 2.30. The zero-order chi connectivity index (χ0) is 22.6. The van der Waals surface area contributed by atoms with E-state index < -0.39 is 0 Å². The first-order chi connectivity index (χ1) is 16.2. The molecule has 0 unspecified atom stereocenters. The van der Waals surface area contributed by atoms with E-state index in [1.165, 1.54) is 11.3 Å². The predicted molar refractivity (Wildman–Crippen MR) is 131 cm³/mol. The van der Waals surface area contributed by atoms with Gasteiger partial charge in [0.25, 0.3) is 11.5 Å². The van der Waals surface area contributed by atoms with Gasteiger partial charge in [0, 0.05) is 29.8 Å². The third-order valence-electron chi connectivity index (χ3n) is 5.71. The second-order valence-electron chi connectivity index (χ2n) is 7.95. The molecule has 0 aliphatic carbocycles. The van der Waals surface area contributed by atoms with E-state index in [-0.39, 0.29) is 17.6 Å². The van der Waals surface area contributed by atoms with Gasteiger partial charge in [-0.2, -0.15) is 0 Å². The van der Waals surface area contributed by atoms with E-state index in [0.29, 0.717) is 40.4 Å². The lowest BCUT2D eigenvalue weighted by molar-refractivity contribution is 0.0858. The Hall–Kier alpha value is -3.49. The number of fused-ring (bicyclic) bond motifs is 1. The second kappa shape index (κ2) is 9.56. The summed E-state index contributed by atoms with van der Waals surface area (Å²) in [7, 11) is 0. The zero-order valence-corrected chi connectivity index (χ0v) is 18.8. The molecule has 3 heterocycles. The molecule has 0 saturated carbocycles. The number of carbonyl (C=O) groups is 1. The summed E-state index contributed by atoms with van der Waals surface area (Å²) in [6, 6.07) is 17.1. The molecule has 4 aromatic rings. The standard InChI is InChI=1S/C25H24N4O3S/c30-23(27-13-17-9-6-12-32-17)18-10-4-5-11-20(18)26-14-21-28-24(31)22-19(15-33-25(22)29-21)16-7-2-1-3-8-16/h1-5,7-8,10-11,15,17,26H,6,9,12-14H2,(H,27,30)(H,28,29,31)/t17-/m0/s1. The molecule has 0 bridgehead atoms. The molecule has 2 aromatic heterocycles. The number of anilines is 1. The van der Waals surface area contributed by atoms with Gasteiger partial charge in [0.05, 0.1) is 23.6 Å². The monoisotopic (exact) mass is 460 g/mol. The molecule has 8 heteroatoms. The highest BCUT2D eigenvalue weighted by Gasteiger charge is 2.18. The number of para-hydroxylation sites is 1. The minimum Gasteiger partial charge on any atom is -0.377 e. The fourth-order valence-electron chi connectivity index (χ4n) is 4.03. The molecule has 33 heavy (non-hydrogen) atoms. The number of hydrogen-bond acceptors (Lipinski definition) is 6. The topological polar surface area (TPSA) is 96.1 Å². The molecule has 168 valence electrons. The van der Waals surface area contributed by atoms with Gasteiger partial charge < -0.3 is 20.4 Å². The summed E-state index contributed by atoms with van der Waals surface area (Å²) in [6.45, 7) is 1.55. The fraction of sp³-hybridized carbons (Fsp3) is 0.240. The van der Waals surface area contributed by atoms with Gasteiger partial charge in [0.1, 0.15) is 10.7 Å². The molecular weight excluding hydrogens is 436 g/mol. The predicted octanol–water partition coefficient (Wildman–Crippen LogP) is 4.17. The van der Waals surface area contributed by atoms with Crippen LogP contribution in [0.2, 0.25) is 0 Å². The number of thiophene rings is 1. The second-order valence-corrected chi connectivity index (χ2v) is 8.81.